The monoisotopic (exact) mass is 295 g/mol. The van der Waals surface area contributed by atoms with Crippen molar-refractivity contribution in [1.29, 1.82) is 0 Å². The average Bonchev–Trinajstić information content (AvgIpc) is 3.06. The topological polar surface area (TPSA) is 74.1 Å². The van der Waals surface area contributed by atoms with Gasteiger partial charge >= 0.3 is 0 Å². The molecule has 5 heteroatoms. The molecule has 0 unspecified atom stereocenters. The van der Waals surface area contributed by atoms with Crippen LogP contribution in [0.1, 0.15) is 18.0 Å². The summed E-state index contributed by atoms with van der Waals surface area (Å²) in [6.07, 6.45) is 5.93. The number of hydrogen-bond donors (Lipinski definition) is 1. The SMILES string of the molecule is NCCCn1c(C=Cc2ccco2)nc2ccccc2c1=O. The first kappa shape index (κ1) is 14.3. The Bertz CT molecular complexity index is 848. The molecular weight excluding hydrogens is 278 g/mol. The Balaban J connectivity index is 2.11. The van der Waals surface area contributed by atoms with E-state index >= 15 is 0 Å². The molecule has 2 heterocycles. The number of para-hydroxylation sites is 1. The van der Waals surface area contributed by atoms with Gasteiger partial charge < -0.3 is 10.2 Å². The third-order valence-electron chi connectivity index (χ3n) is 3.42. The molecule has 0 amide bonds. The first-order valence-corrected chi connectivity index (χ1v) is 7.21. The van der Waals surface area contributed by atoms with Crippen molar-refractivity contribution < 1.29 is 4.42 Å². The largest absolute Gasteiger partial charge is 0.465 e. The van der Waals surface area contributed by atoms with Crippen molar-refractivity contribution >= 4 is 23.1 Å². The lowest BCUT2D eigenvalue weighted by atomic mass is 10.2. The smallest absolute Gasteiger partial charge is 0.261 e. The molecule has 0 spiro atoms. The summed E-state index contributed by atoms with van der Waals surface area (Å²) in [4.78, 5) is 17.2. The molecule has 0 saturated heterocycles. The fourth-order valence-corrected chi connectivity index (χ4v) is 2.32. The molecule has 0 aliphatic carbocycles. The molecule has 0 bridgehead atoms. The van der Waals surface area contributed by atoms with Gasteiger partial charge in [-0.05, 0) is 49.4 Å². The van der Waals surface area contributed by atoms with Crippen molar-refractivity contribution in [2.75, 3.05) is 6.54 Å². The maximum absolute atomic E-state index is 12.6. The molecule has 5 nitrogen and oxygen atoms in total. The highest BCUT2D eigenvalue weighted by molar-refractivity contribution is 5.79. The van der Waals surface area contributed by atoms with Crippen molar-refractivity contribution in [1.82, 2.24) is 9.55 Å². The minimum atomic E-state index is -0.0434. The minimum Gasteiger partial charge on any atom is -0.465 e. The highest BCUT2D eigenvalue weighted by atomic mass is 16.3. The summed E-state index contributed by atoms with van der Waals surface area (Å²) < 4.78 is 6.93. The van der Waals surface area contributed by atoms with Gasteiger partial charge in [0.15, 0.2) is 0 Å². The molecule has 0 aliphatic heterocycles. The van der Waals surface area contributed by atoms with Crippen molar-refractivity contribution in [3.05, 3.63) is 64.6 Å². The van der Waals surface area contributed by atoms with E-state index in [0.29, 0.717) is 35.6 Å². The summed E-state index contributed by atoms with van der Waals surface area (Å²) in [6.45, 7) is 1.08. The lowest BCUT2D eigenvalue weighted by Gasteiger charge is -2.10. The first-order chi connectivity index (χ1) is 10.8. The van der Waals surface area contributed by atoms with Gasteiger partial charge in [-0.25, -0.2) is 4.98 Å². The Kier molecular flexibility index (Phi) is 4.16. The molecular formula is C17H17N3O2. The van der Waals surface area contributed by atoms with Crippen molar-refractivity contribution in [3.8, 4) is 0 Å². The molecule has 0 atom stereocenters. The van der Waals surface area contributed by atoms with Crippen LogP contribution in [0.3, 0.4) is 0 Å². The Morgan fingerprint density at radius 2 is 2.05 bits per heavy atom. The quantitative estimate of drug-likeness (QED) is 0.785. The predicted molar refractivity (Wildman–Crippen MR) is 87.3 cm³/mol. The number of nitrogens with zero attached hydrogens (tertiary/aromatic N) is 2. The first-order valence-electron chi connectivity index (χ1n) is 7.21. The van der Waals surface area contributed by atoms with Crippen LogP contribution in [0.2, 0.25) is 0 Å². The lowest BCUT2D eigenvalue weighted by molar-refractivity contribution is 0.557. The maximum Gasteiger partial charge on any atom is 0.261 e. The Morgan fingerprint density at radius 1 is 1.18 bits per heavy atom. The zero-order valence-electron chi connectivity index (χ0n) is 12.1. The van der Waals surface area contributed by atoms with E-state index in [1.165, 1.54) is 0 Å². The Hall–Kier alpha value is -2.66. The van der Waals surface area contributed by atoms with E-state index in [0.717, 1.165) is 6.42 Å². The number of aromatic nitrogens is 2. The Labute approximate surface area is 127 Å². The number of furan rings is 1. The van der Waals surface area contributed by atoms with Gasteiger partial charge in [0.2, 0.25) is 0 Å². The van der Waals surface area contributed by atoms with Gasteiger partial charge in [0, 0.05) is 6.54 Å². The highest BCUT2D eigenvalue weighted by Crippen LogP contribution is 2.11. The minimum absolute atomic E-state index is 0.0434. The zero-order chi connectivity index (χ0) is 15.4. The van der Waals surface area contributed by atoms with Gasteiger partial charge in [-0.2, -0.15) is 0 Å². The number of nitrogens with two attached hydrogens (primary N) is 1. The van der Waals surface area contributed by atoms with E-state index in [1.807, 2.05) is 30.3 Å². The van der Waals surface area contributed by atoms with Crippen LogP contribution in [0.15, 0.2) is 51.9 Å². The second-order valence-electron chi connectivity index (χ2n) is 4.93. The number of benzene rings is 1. The fraction of sp³-hybridized carbons (Fsp3) is 0.176. The number of fused-ring (bicyclic) bond motifs is 1. The molecule has 112 valence electrons. The predicted octanol–water partition coefficient (Wildman–Crippen LogP) is 2.51. The molecule has 3 aromatic rings. The number of rotatable bonds is 5. The third kappa shape index (κ3) is 2.84. The standard InChI is InChI=1S/C17H17N3O2/c18-10-4-11-20-16(9-8-13-5-3-12-22-13)19-15-7-2-1-6-14(15)17(20)21/h1-3,5-9,12H,4,10-11,18H2. The maximum atomic E-state index is 12.6. The molecule has 0 aliphatic rings. The summed E-state index contributed by atoms with van der Waals surface area (Å²) >= 11 is 0. The molecule has 0 fully saturated rings. The zero-order valence-corrected chi connectivity index (χ0v) is 12.1. The second-order valence-corrected chi connectivity index (χ2v) is 4.93. The van der Waals surface area contributed by atoms with Gasteiger partial charge in [-0.3, -0.25) is 9.36 Å². The molecule has 3 rings (SSSR count). The van der Waals surface area contributed by atoms with Gasteiger partial charge in [-0.15, -0.1) is 0 Å². The summed E-state index contributed by atoms with van der Waals surface area (Å²) in [5.41, 5.74) is 6.22. The van der Waals surface area contributed by atoms with Crippen LogP contribution in [0.5, 0.6) is 0 Å². The van der Waals surface area contributed by atoms with Crippen LogP contribution >= 0.6 is 0 Å². The highest BCUT2D eigenvalue weighted by Gasteiger charge is 2.08. The van der Waals surface area contributed by atoms with E-state index in [4.69, 9.17) is 10.2 Å². The van der Waals surface area contributed by atoms with Crippen LogP contribution in [0, 0.1) is 0 Å². The molecule has 0 radical (unpaired) electrons. The van der Waals surface area contributed by atoms with E-state index in [9.17, 15) is 4.79 Å². The fourth-order valence-electron chi connectivity index (χ4n) is 2.32. The summed E-state index contributed by atoms with van der Waals surface area (Å²) in [6, 6.07) is 11.0. The van der Waals surface area contributed by atoms with Crippen molar-refractivity contribution in [2.24, 2.45) is 5.73 Å². The normalized spacial score (nSPS) is 11.5. The summed E-state index contributed by atoms with van der Waals surface area (Å²) in [5, 5.41) is 0.620. The molecule has 1 aromatic carbocycles. The summed E-state index contributed by atoms with van der Waals surface area (Å²) in [7, 11) is 0. The van der Waals surface area contributed by atoms with Gasteiger partial charge in [0.1, 0.15) is 11.6 Å². The second kappa shape index (κ2) is 6.41. The van der Waals surface area contributed by atoms with Crippen LogP contribution in [0.25, 0.3) is 23.1 Å². The molecule has 22 heavy (non-hydrogen) atoms. The van der Waals surface area contributed by atoms with E-state index in [2.05, 4.69) is 4.98 Å². The average molecular weight is 295 g/mol. The van der Waals surface area contributed by atoms with Crippen molar-refractivity contribution in [2.45, 2.75) is 13.0 Å². The van der Waals surface area contributed by atoms with Gasteiger partial charge in [0.25, 0.3) is 5.56 Å². The molecule has 0 saturated carbocycles. The van der Waals surface area contributed by atoms with Crippen LogP contribution < -0.4 is 11.3 Å². The van der Waals surface area contributed by atoms with E-state index in [1.54, 1.807) is 29.0 Å². The van der Waals surface area contributed by atoms with Crippen LogP contribution in [0.4, 0.5) is 0 Å². The third-order valence-corrected chi connectivity index (χ3v) is 3.42. The number of hydrogen-bond acceptors (Lipinski definition) is 4. The van der Waals surface area contributed by atoms with Crippen molar-refractivity contribution in [3.63, 3.8) is 0 Å². The van der Waals surface area contributed by atoms with Gasteiger partial charge in [-0.1, -0.05) is 12.1 Å². The van der Waals surface area contributed by atoms with Gasteiger partial charge in [0.05, 0.1) is 17.2 Å². The van der Waals surface area contributed by atoms with Crippen LogP contribution in [-0.4, -0.2) is 16.1 Å². The lowest BCUT2D eigenvalue weighted by Crippen LogP contribution is -2.25. The van der Waals surface area contributed by atoms with E-state index < -0.39 is 0 Å². The van der Waals surface area contributed by atoms with Crippen LogP contribution in [-0.2, 0) is 6.54 Å². The van der Waals surface area contributed by atoms with E-state index in [-0.39, 0.29) is 5.56 Å². The summed E-state index contributed by atoms with van der Waals surface area (Å²) in [5.74, 6) is 1.32. The molecule has 2 aromatic heterocycles. The Morgan fingerprint density at radius 3 is 2.82 bits per heavy atom. The molecule has 2 N–H and O–H groups in total.